The molecule has 2 aliphatic rings. The molecule has 1 saturated carbocycles. The smallest absolute Gasteiger partial charge is 0.314 e. The lowest BCUT2D eigenvalue weighted by Crippen LogP contribution is -2.42. The number of fused-ring (bicyclic) bond motifs is 1. The lowest BCUT2D eigenvalue weighted by atomic mass is 9.64. The molecule has 1 aliphatic heterocycles. The molecule has 160 valence electrons. The summed E-state index contributed by atoms with van der Waals surface area (Å²) in [6.07, 6.45) is 3.62. The van der Waals surface area contributed by atoms with Crippen LogP contribution >= 0.6 is 0 Å². The fourth-order valence-electron chi connectivity index (χ4n) is 5.35. The van der Waals surface area contributed by atoms with Gasteiger partial charge < -0.3 is 15.3 Å². The quantitative estimate of drug-likeness (QED) is 0.577. The van der Waals surface area contributed by atoms with E-state index in [0.717, 1.165) is 44.3 Å². The molecule has 4 nitrogen and oxygen atoms in total. The molecule has 1 saturated heterocycles. The fourth-order valence-corrected chi connectivity index (χ4v) is 5.35. The summed E-state index contributed by atoms with van der Waals surface area (Å²) in [5.74, 6) is -0.681. The number of carboxylic acid groups (broad SMARTS) is 1. The molecule has 0 radical (unpaired) electrons. The third-order valence-electron chi connectivity index (χ3n) is 7.37. The van der Waals surface area contributed by atoms with Crippen molar-refractivity contribution in [1.82, 2.24) is 5.32 Å². The molecule has 2 fully saturated rings. The highest BCUT2D eigenvalue weighted by Crippen LogP contribution is 2.44. The van der Waals surface area contributed by atoms with E-state index in [0.29, 0.717) is 6.04 Å². The van der Waals surface area contributed by atoms with E-state index in [9.17, 15) is 9.90 Å². The Kier molecular flexibility index (Phi) is 5.19. The average Bonchev–Trinajstić information content (AvgIpc) is 3.21. The first-order chi connectivity index (χ1) is 15.1. The van der Waals surface area contributed by atoms with Gasteiger partial charge in [-0.1, -0.05) is 61.0 Å². The molecular formula is C27H30N2O2. The number of rotatable bonds is 6. The van der Waals surface area contributed by atoms with Gasteiger partial charge in [-0.3, -0.25) is 4.79 Å². The highest BCUT2D eigenvalue weighted by Gasteiger charge is 2.45. The summed E-state index contributed by atoms with van der Waals surface area (Å²) >= 11 is 0. The molecule has 0 unspecified atom stereocenters. The van der Waals surface area contributed by atoms with Crippen molar-refractivity contribution in [3.05, 3.63) is 77.9 Å². The number of aliphatic carboxylic acids is 1. The van der Waals surface area contributed by atoms with Crippen molar-refractivity contribution in [2.75, 3.05) is 18.0 Å². The molecule has 3 aromatic rings. The normalized spacial score (nSPS) is 21.1. The van der Waals surface area contributed by atoms with Crippen molar-refractivity contribution >= 4 is 22.4 Å². The summed E-state index contributed by atoms with van der Waals surface area (Å²) in [5, 5.41) is 16.1. The van der Waals surface area contributed by atoms with Gasteiger partial charge in [-0.2, -0.15) is 0 Å². The molecule has 31 heavy (non-hydrogen) atoms. The van der Waals surface area contributed by atoms with Gasteiger partial charge in [-0.25, -0.2) is 0 Å². The van der Waals surface area contributed by atoms with Crippen LogP contribution in [0.5, 0.6) is 0 Å². The summed E-state index contributed by atoms with van der Waals surface area (Å²) in [6.45, 7) is 4.24. The number of carbonyl (C=O) groups is 1. The Bertz CT molecular complexity index is 1080. The van der Waals surface area contributed by atoms with Crippen LogP contribution in [0.4, 0.5) is 5.69 Å². The first-order valence-corrected chi connectivity index (χ1v) is 11.4. The minimum absolute atomic E-state index is 0.285. The van der Waals surface area contributed by atoms with Crippen LogP contribution < -0.4 is 10.2 Å². The van der Waals surface area contributed by atoms with Crippen molar-refractivity contribution in [3.63, 3.8) is 0 Å². The maximum absolute atomic E-state index is 11.8. The zero-order chi connectivity index (χ0) is 21.4. The molecule has 1 heterocycles. The van der Waals surface area contributed by atoms with Gasteiger partial charge in [-0.15, -0.1) is 0 Å². The second-order valence-corrected chi connectivity index (χ2v) is 9.18. The van der Waals surface area contributed by atoms with Gasteiger partial charge in [0.1, 0.15) is 0 Å². The summed E-state index contributed by atoms with van der Waals surface area (Å²) < 4.78 is 0. The van der Waals surface area contributed by atoms with Crippen LogP contribution in [0.15, 0.2) is 66.7 Å². The molecule has 0 aromatic heterocycles. The van der Waals surface area contributed by atoms with Crippen molar-refractivity contribution < 1.29 is 9.90 Å². The van der Waals surface area contributed by atoms with Crippen LogP contribution in [0.2, 0.25) is 0 Å². The predicted octanol–water partition coefficient (Wildman–Crippen LogP) is 5.28. The van der Waals surface area contributed by atoms with E-state index in [2.05, 4.69) is 71.7 Å². The topological polar surface area (TPSA) is 52.6 Å². The highest BCUT2D eigenvalue weighted by atomic mass is 16.4. The molecule has 4 heteroatoms. The van der Waals surface area contributed by atoms with Crippen LogP contribution in [-0.2, 0) is 10.2 Å². The van der Waals surface area contributed by atoms with Gasteiger partial charge in [0.15, 0.2) is 0 Å². The number of carboxylic acids is 1. The Hall–Kier alpha value is -2.85. The predicted molar refractivity (Wildman–Crippen MR) is 126 cm³/mol. The Balaban J connectivity index is 1.25. The largest absolute Gasteiger partial charge is 0.481 e. The number of hydrogen-bond acceptors (Lipinski definition) is 3. The number of hydrogen-bond donors (Lipinski definition) is 2. The first-order valence-electron chi connectivity index (χ1n) is 11.4. The van der Waals surface area contributed by atoms with Crippen LogP contribution in [0.3, 0.4) is 0 Å². The van der Waals surface area contributed by atoms with E-state index >= 15 is 0 Å². The van der Waals surface area contributed by atoms with Crippen molar-refractivity contribution in [3.8, 4) is 0 Å². The molecule has 0 amide bonds. The van der Waals surface area contributed by atoms with E-state index in [-0.39, 0.29) is 6.04 Å². The van der Waals surface area contributed by atoms with Gasteiger partial charge >= 0.3 is 5.97 Å². The lowest BCUT2D eigenvalue weighted by molar-refractivity contribution is -0.147. The van der Waals surface area contributed by atoms with E-state index in [1.807, 2.05) is 12.1 Å². The van der Waals surface area contributed by atoms with Gasteiger partial charge in [-0.05, 0) is 60.2 Å². The van der Waals surface area contributed by atoms with Crippen molar-refractivity contribution in [2.24, 2.45) is 0 Å². The van der Waals surface area contributed by atoms with Gasteiger partial charge in [0.2, 0.25) is 0 Å². The molecule has 2 atom stereocenters. The van der Waals surface area contributed by atoms with E-state index in [1.165, 1.54) is 22.0 Å². The second-order valence-electron chi connectivity index (χ2n) is 9.18. The molecule has 1 aliphatic carbocycles. The van der Waals surface area contributed by atoms with Gasteiger partial charge in [0, 0.05) is 30.9 Å². The zero-order valence-corrected chi connectivity index (χ0v) is 18.1. The van der Waals surface area contributed by atoms with Crippen LogP contribution in [0, 0.1) is 0 Å². The molecular weight excluding hydrogens is 384 g/mol. The SMILES string of the molecule is C[C@@H](N[C@H]1CCN(c2ccc(C3(C(=O)O)CCC3)cc2)C1)c1cccc2ccccc12. The summed E-state index contributed by atoms with van der Waals surface area (Å²) in [7, 11) is 0. The van der Waals surface area contributed by atoms with Crippen molar-refractivity contribution in [1.29, 1.82) is 0 Å². The van der Waals surface area contributed by atoms with E-state index < -0.39 is 11.4 Å². The Morgan fingerprint density at radius 2 is 1.81 bits per heavy atom. The monoisotopic (exact) mass is 414 g/mol. The third-order valence-corrected chi connectivity index (χ3v) is 7.37. The van der Waals surface area contributed by atoms with Gasteiger partial charge in [0.05, 0.1) is 5.41 Å². The maximum atomic E-state index is 11.8. The van der Waals surface area contributed by atoms with E-state index in [4.69, 9.17) is 0 Å². The Labute approximate surface area is 183 Å². The molecule has 5 rings (SSSR count). The van der Waals surface area contributed by atoms with Gasteiger partial charge in [0.25, 0.3) is 0 Å². The number of benzene rings is 3. The Morgan fingerprint density at radius 1 is 1.06 bits per heavy atom. The lowest BCUT2D eigenvalue weighted by Gasteiger charge is -2.38. The average molecular weight is 415 g/mol. The van der Waals surface area contributed by atoms with E-state index in [1.54, 1.807) is 0 Å². The number of anilines is 1. The molecule has 2 N–H and O–H groups in total. The summed E-state index contributed by atoms with van der Waals surface area (Å²) in [4.78, 5) is 14.2. The first kappa shape index (κ1) is 20.1. The fraction of sp³-hybridized carbons (Fsp3) is 0.370. The van der Waals surface area contributed by atoms with Crippen LogP contribution in [-0.4, -0.2) is 30.2 Å². The van der Waals surface area contributed by atoms with Crippen molar-refractivity contribution in [2.45, 2.75) is 50.1 Å². The zero-order valence-electron chi connectivity index (χ0n) is 18.1. The highest BCUT2D eigenvalue weighted by molar-refractivity contribution is 5.86. The Morgan fingerprint density at radius 3 is 2.52 bits per heavy atom. The molecule has 0 bridgehead atoms. The minimum Gasteiger partial charge on any atom is -0.481 e. The summed E-state index contributed by atoms with van der Waals surface area (Å²) in [6, 6.07) is 24.1. The molecule has 0 spiro atoms. The number of nitrogens with one attached hydrogen (secondary N) is 1. The standard InChI is InChI=1S/C27H30N2O2/c1-19(24-9-4-7-20-6-2-3-8-25(20)24)28-22-14-17-29(18-22)23-12-10-21(11-13-23)27(26(30)31)15-5-16-27/h2-4,6-13,19,22,28H,5,14-18H2,1H3,(H,30,31)/t19-,22+/m1/s1. The summed E-state index contributed by atoms with van der Waals surface area (Å²) in [5.41, 5.74) is 2.83. The molecule has 3 aromatic carbocycles. The maximum Gasteiger partial charge on any atom is 0.314 e. The third kappa shape index (κ3) is 3.59. The minimum atomic E-state index is -0.681. The number of nitrogens with zero attached hydrogens (tertiary/aromatic N) is 1. The van der Waals surface area contributed by atoms with Crippen LogP contribution in [0.1, 0.15) is 49.8 Å². The second kappa shape index (κ2) is 8.01. The van der Waals surface area contributed by atoms with Crippen LogP contribution in [0.25, 0.3) is 10.8 Å².